The van der Waals surface area contributed by atoms with Crippen molar-refractivity contribution in [3.63, 3.8) is 0 Å². The van der Waals surface area contributed by atoms with Gasteiger partial charge in [-0.05, 0) is 18.2 Å². The van der Waals surface area contributed by atoms with E-state index in [1.54, 1.807) is 6.08 Å². The van der Waals surface area contributed by atoms with E-state index in [2.05, 4.69) is 9.97 Å². The van der Waals surface area contributed by atoms with E-state index in [4.69, 9.17) is 5.73 Å². The zero-order chi connectivity index (χ0) is 9.97. The van der Waals surface area contributed by atoms with Gasteiger partial charge in [0.25, 0.3) is 0 Å². The molecule has 0 saturated carbocycles. The smallest absolute Gasteiger partial charge is 0.241 e. The second-order valence-corrected chi connectivity index (χ2v) is 2.87. The maximum Gasteiger partial charge on any atom is 0.241 e. The Morgan fingerprint density at radius 3 is 2.93 bits per heavy atom. The molecule has 0 unspecified atom stereocenters. The Labute approximate surface area is 80.4 Å². The van der Waals surface area contributed by atoms with E-state index in [0.29, 0.717) is 5.82 Å². The molecule has 0 saturated heterocycles. The molecule has 0 spiro atoms. The van der Waals surface area contributed by atoms with Gasteiger partial charge in [0.1, 0.15) is 5.82 Å². The van der Waals surface area contributed by atoms with E-state index < -0.39 is 5.91 Å². The summed E-state index contributed by atoms with van der Waals surface area (Å²) >= 11 is 0. The molecule has 0 aliphatic carbocycles. The van der Waals surface area contributed by atoms with Crippen molar-refractivity contribution in [2.75, 3.05) is 0 Å². The number of primary amides is 1. The Balaban J connectivity index is 2.40. The Bertz CT molecular complexity index is 466. The number of carbonyl (C=O) groups is 1. The Morgan fingerprint density at radius 2 is 2.21 bits per heavy atom. The molecule has 0 aliphatic rings. The molecule has 1 amide bonds. The molecule has 4 heteroatoms. The molecule has 1 aromatic heterocycles. The second-order valence-electron chi connectivity index (χ2n) is 2.87. The van der Waals surface area contributed by atoms with Crippen molar-refractivity contribution in [1.29, 1.82) is 0 Å². The van der Waals surface area contributed by atoms with Gasteiger partial charge in [-0.1, -0.05) is 12.1 Å². The average Bonchev–Trinajstić information content (AvgIpc) is 2.57. The predicted molar refractivity (Wildman–Crippen MR) is 54.3 cm³/mol. The van der Waals surface area contributed by atoms with Crippen molar-refractivity contribution in [2.45, 2.75) is 0 Å². The third-order valence-electron chi connectivity index (χ3n) is 1.81. The predicted octanol–water partition coefficient (Wildman–Crippen LogP) is 1.06. The first-order valence-corrected chi connectivity index (χ1v) is 4.18. The molecule has 0 atom stereocenters. The van der Waals surface area contributed by atoms with Gasteiger partial charge in [-0.25, -0.2) is 4.98 Å². The summed E-state index contributed by atoms with van der Waals surface area (Å²) in [6.07, 6.45) is 2.83. The van der Waals surface area contributed by atoms with Crippen molar-refractivity contribution in [1.82, 2.24) is 9.97 Å². The fourth-order valence-electron chi connectivity index (χ4n) is 1.21. The van der Waals surface area contributed by atoms with Crippen LogP contribution in [0.15, 0.2) is 30.3 Å². The van der Waals surface area contributed by atoms with E-state index in [0.717, 1.165) is 11.0 Å². The number of nitrogens with zero attached hydrogens (tertiary/aromatic N) is 1. The van der Waals surface area contributed by atoms with Gasteiger partial charge in [-0.3, -0.25) is 4.79 Å². The number of para-hydroxylation sites is 2. The van der Waals surface area contributed by atoms with Crippen LogP contribution in [-0.4, -0.2) is 15.9 Å². The van der Waals surface area contributed by atoms with Crippen LogP contribution in [-0.2, 0) is 4.79 Å². The lowest BCUT2D eigenvalue weighted by atomic mass is 10.3. The summed E-state index contributed by atoms with van der Waals surface area (Å²) in [7, 11) is 0. The highest BCUT2D eigenvalue weighted by Gasteiger charge is 1.97. The molecule has 0 aliphatic heterocycles. The van der Waals surface area contributed by atoms with Crippen LogP contribution in [0.5, 0.6) is 0 Å². The highest BCUT2D eigenvalue weighted by Crippen LogP contribution is 2.10. The van der Waals surface area contributed by atoms with E-state index in [9.17, 15) is 4.79 Å². The number of nitrogens with one attached hydrogen (secondary N) is 1. The van der Waals surface area contributed by atoms with Gasteiger partial charge < -0.3 is 10.7 Å². The van der Waals surface area contributed by atoms with Gasteiger partial charge in [0, 0.05) is 6.08 Å². The maximum absolute atomic E-state index is 10.5. The van der Waals surface area contributed by atoms with E-state index in [1.807, 2.05) is 24.3 Å². The van der Waals surface area contributed by atoms with Crippen LogP contribution in [0.1, 0.15) is 5.82 Å². The number of imidazole rings is 1. The number of amides is 1. The number of hydrogen-bond acceptors (Lipinski definition) is 2. The van der Waals surface area contributed by atoms with E-state index >= 15 is 0 Å². The largest absolute Gasteiger partial charge is 0.366 e. The molecule has 14 heavy (non-hydrogen) atoms. The molecular formula is C10H9N3O. The molecule has 3 N–H and O–H groups in total. The summed E-state index contributed by atoms with van der Waals surface area (Å²) in [6, 6.07) is 7.64. The van der Waals surface area contributed by atoms with Crippen LogP contribution >= 0.6 is 0 Å². The fraction of sp³-hybridized carbons (Fsp3) is 0. The number of benzene rings is 1. The number of aromatic nitrogens is 2. The fourth-order valence-corrected chi connectivity index (χ4v) is 1.21. The minimum atomic E-state index is -0.481. The third-order valence-corrected chi connectivity index (χ3v) is 1.81. The zero-order valence-electron chi connectivity index (χ0n) is 7.40. The molecule has 4 nitrogen and oxygen atoms in total. The average molecular weight is 187 g/mol. The molecule has 1 heterocycles. The highest BCUT2D eigenvalue weighted by atomic mass is 16.1. The third kappa shape index (κ3) is 1.64. The lowest BCUT2D eigenvalue weighted by Crippen LogP contribution is -2.05. The van der Waals surface area contributed by atoms with Crippen LogP contribution in [0.25, 0.3) is 17.1 Å². The summed E-state index contributed by atoms with van der Waals surface area (Å²) in [6.45, 7) is 0. The monoisotopic (exact) mass is 187 g/mol. The van der Waals surface area contributed by atoms with Gasteiger partial charge in [0.05, 0.1) is 11.0 Å². The van der Waals surface area contributed by atoms with Gasteiger partial charge in [0.2, 0.25) is 5.91 Å². The molecule has 0 fully saturated rings. The summed E-state index contributed by atoms with van der Waals surface area (Å²) in [5.74, 6) is 0.149. The summed E-state index contributed by atoms with van der Waals surface area (Å²) in [4.78, 5) is 17.8. The zero-order valence-corrected chi connectivity index (χ0v) is 7.40. The number of hydrogen-bond donors (Lipinski definition) is 2. The highest BCUT2D eigenvalue weighted by molar-refractivity contribution is 5.90. The minimum absolute atomic E-state index is 0.481. The maximum atomic E-state index is 10.5. The van der Waals surface area contributed by atoms with Crippen molar-refractivity contribution in [3.8, 4) is 0 Å². The van der Waals surface area contributed by atoms with Gasteiger partial charge in [-0.15, -0.1) is 0 Å². The van der Waals surface area contributed by atoms with Crippen molar-refractivity contribution in [3.05, 3.63) is 36.2 Å². The molecular weight excluding hydrogens is 178 g/mol. The Kier molecular flexibility index (Phi) is 2.02. The van der Waals surface area contributed by atoms with Crippen LogP contribution in [0.2, 0.25) is 0 Å². The van der Waals surface area contributed by atoms with Gasteiger partial charge >= 0.3 is 0 Å². The first-order valence-electron chi connectivity index (χ1n) is 4.18. The number of nitrogens with two attached hydrogens (primary N) is 1. The second kappa shape index (κ2) is 3.33. The lowest BCUT2D eigenvalue weighted by Gasteiger charge is -1.82. The number of carbonyl (C=O) groups excluding carboxylic acids is 1. The lowest BCUT2D eigenvalue weighted by molar-refractivity contribution is -0.113. The normalized spacial score (nSPS) is 11.1. The number of rotatable bonds is 2. The van der Waals surface area contributed by atoms with Gasteiger partial charge in [0.15, 0.2) is 0 Å². The molecule has 0 radical (unpaired) electrons. The first-order chi connectivity index (χ1) is 6.75. The topological polar surface area (TPSA) is 71.8 Å². The van der Waals surface area contributed by atoms with Crippen LogP contribution in [0.4, 0.5) is 0 Å². The van der Waals surface area contributed by atoms with Gasteiger partial charge in [-0.2, -0.15) is 0 Å². The molecule has 2 aromatic rings. The standard InChI is InChI=1S/C10H9N3O/c11-9(14)5-6-10-12-7-3-1-2-4-8(7)13-10/h1-6H,(H2,11,14)(H,12,13). The van der Waals surface area contributed by atoms with Crippen LogP contribution in [0.3, 0.4) is 0 Å². The molecule has 1 aromatic carbocycles. The Morgan fingerprint density at radius 1 is 1.43 bits per heavy atom. The quantitative estimate of drug-likeness (QED) is 0.690. The van der Waals surface area contributed by atoms with Crippen LogP contribution < -0.4 is 5.73 Å². The summed E-state index contributed by atoms with van der Waals surface area (Å²) in [5.41, 5.74) is 6.78. The van der Waals surface area contributed by atoms with Crippen molar-refractivity contribution < 1.29 is 4.79 Å². The molecule has 70 valence electrons. The van der Waals surface area contributed by atoms with Crippen LogP contribution in [0, 0.1) is 0 Å². The van der Waals surface area contributed by atoms with E-state index in [1.165, 1.54) is 6.08 Å². The Hall–Kier alpha value is -2.10. The number of H-pyrrole nitrogens is 1. The molecule has 2 rings (SSSR count). The van der Waals surface area contributed by atoms with Crippen molar-refractivity contribution in [2.24, 2.45) is 5.73 Å². The SMILES string of the molecule is NC(=O)C=Cc1nc2ccccc2[nH]1. The first kappa shape index (κ1) is 8.50. The van der Waals surface area contributed by atoms with Crippen molar-refractivity contribution >= 4 is 23.0 Å². The molecule has 0 bridgehead atoms. The number of aromatic amines is 1. The summed E-state index contributed by atoms with van der Waals surface area (Å²) < 4.78 is 0. The van der Waals surface area contributed by atoms with E-state index in [-0.39, 0.29) is 0 Å². The minimum Gasteiger partial charge on any atom is -0.366 e. The number of fused-ring (bicyclic) bond motifs is 1. The summed E-state index contributed by atoms with van der Waals surface area (Å²) in [5, 5.41) is 0.